The summed E-state index contributed by atoms with van der Waals surface area (Å²) < 4.78 is 8.69. The van der Waals surface area contributed by atoms with Crippen molar-refractivity contribution in [2.45, 2.75) is 13.8 Å². The highest BCUT2D eigenvalue weighted by Gasteiger charge is 2.17. The fraction of sp³-hybridized carbons (Fsp3) is 0.150. The fourth-order valence-electron chi connectivity index (χ4n) is 3.34. The third-order valence-corrected chi connectivity index (χ3v) is 4.62. The smallest absolute Gasteiger partial charge is 0.281 e. The van der Waals surface area contributed by atoms with Crippen LogP contribution in [-0.4, -0.2) is 26.4 Å². The fourth-order valence-corrected chi connectivity index (χ4v) is 3.34. The van der Waals surface area contributed by atoms with Crippen LogP contribution in [0.15, 0.2) is 59.8 Å². The Hall–Kier alpha value is -3.41. The van der Waals surface area contributed by atoms with Crippen molar-refractivity contribution in [1.29, 1.82) is 0 Å². The van der Waals surface area contributed by atoms with Gasteiger partial charge >= 0.3 is 0 Å². The summed E-state index contributed by atoms with van der Waals surface area (Å²) in [6, 6.07) is 11.4. The van der Waals surface area contributed by atoms with Crippen molar-refractivity contribution in [2.75, 3.05) is 7.11 Å². The topological polar surface area (TPSA) is 61.9 Å². The van der Waals surface area contributed by atoms with Gasteiger partial charge in [-0.3, -0.25) is 9.78 Å². The van der Waals surface area contributed by atoms with Gasteiger partial charge in [0, 0.05) is 28.7 Å². The van der Waals surface area contributed by atoms with Crippen LogP contribution in [0, 0.1) is 13.8 Å². The molecule has 26 heavy (non-hydrogen) atoms. The molecule has 0 fully saturated rings. The summed E-state index contributed by atoms with van der Waals surface area (Å²) in [5.41, 5.74) is 3.33. The van der Waals surface area contributed by atoms with Crippen LogP contribution in [0.4, 0.5) is 0 Å². The lowest BCUT2D eigenvalue weighted by Gasteiger charge is -2.10. The van der Waals surface area contributed by atoms with Crippen molar-refractivity contribution >= 4 is 10.8 Å². The van der Waals surface area contributed by atoms with E-state index in [2.05, 4.69) is 14.6 Å². The molecular weight excluding hydrogens is 328 g/mol. The summed E-state index contributed by atoms with van der Waals surface area (Å²) in [4.78, 5) is 17.2. The summed E-state index contributed by atoms with van der Waals surface area (Å²) in [7, 11) is 1.64. The van der Waals surface area contributed by atoms with E-state index in [9.17, 15) is 4.79 Å². The van der Waals surface area contributed by atoms with Gasteiger partial charge in [-0.2, -0.15) is 9.78 Å². The lowest BCUT2D eigenvalue weighted by molar-refractivity contribution is 0.414. The van der Waals surface area contributed by atoms with Crippen LogP contribution >= 0.6 is 0 Å². The average molecular weight is 346 g/mol. The van der Waals surface area contributed by atoms with Gasteiger partial charge in [0.2, 0.25) is 0 Å². The molecule has 0 N–H and O–H groups in total. The molecule has 0 aliphatic heterocycles. The standard InChI is InChI=1S/C20H18N4O2/c1-13-18-12-22-24(16-5-4-10-21-11-16)20(25)19(18)14(2)23(13)15-6-8-17(26-3)9-7-15/h4-12H,1-3H3. The molecular formula is C20H18N4O2. The quantitative estimate of drug-likeness (QED) is 0.571. The van der Waals surface area contributed by atoms with Crippen LogP contribution < -0.4 is 10.3 Å². The third-order valence-electron chi connectivity index (χ3n) is 4.62. The molecule has 3 heterocycles. The summed E-state index contributed by atoms with van der Waals surface area (Å²) in [5.74, 6) is 0.793. The van der Waals surface area contributed by atoms with Gasteiger partial charge in [0.15, 0.2) is 0 Å². The van der Waals surface area contributed by atoms with E-state index in [4.69, 9.17) is 4.74 Å². The number of methoxy groups -OCH3 is 1. The second kappa shape index (κ2) is 6.15. The van der Waals surface area contributed by atoms with Crippen molar-refractivity contribution in [1.82, 2.24) is 19.3 Å². The van der Waals surface area contributed by atoms with Crippen LogP contribution in [0.5, 0.6) is 5.75 Å². The van der Waals surface area contributed by atoms with Crippen LogP contribution in [0.1, 0.15) is 11.4 Å². The highest BCUT2D eigenvalue weighted by atomic mass is 16.5. The number of fused-ring (bicyclic) bond motifs is 1. The molecule has 0 saturated heterocycles. The molecule has 0 aliphatic carbocycles. The van der Waals surface area contributed by atoms with E-state index in [-0.39, 0.29) is 5.56 Å². The first-order valence-corrected chi connectivity index (χ1v) is 8.26. The van der Waals surface area contributed by atoms with Crippen molar-refractivity contribution in [3.63, 3.8) is 0 Å². The predicted molar refractivity (Wildman–Crippen MR) is 100 cm³/mol. The van der Waals surface area contributed by atoms with E-state index in [1.54, 1.807) is 31.8 Å². The van der Waals surface area contributed by atoms with Crippen LogP contribution in [0.25, 0.3) is 22.1 Å². The third kappa shape index (κ3) is 2.38. The number of hydrogen-bond acceptors (Lipinski definition) is 4. The Morgan fingerprint density at radius 3 is 2.38 bits per heavy atom. The molecule has 6 nitrogen and oxygen atoms in total. The first-order valence-electron chi connectivity index (χ1n) is 8.26. The number of hydrogen-bond donors (Lipinski definition) is 0. The summed E-state index contributed by atoms with van der Waals surface area (Å²) in [5, 5.41) is 5.86. The van der Waals surface area contributed by atoms with E-state index in [0.29, 0.717) is 11.1 Å². The zero-order valence-electron chi connectivity index (χ0n) is 14.8. The van der Waals surface area contributed by atoms with Crippen molar-refractivity contribution in [3.8, 4) is 17.1 Å². The maximum atomic E-state index is 13.1. The van der Waals surface area contributed by atoms with Crippen molar-refractivity contribution in [3.05, 3.63) is 76.7 Å². The van der Waals surface area contributed by atoms with E-state index >= 15 is 0 Å². The summed E-state index contributed by atoms with van der Waals surface area (Å²) in [6.07, 6.45) is 5.04. The second-order valence-corrected chi connectivity index (χ2v) is 6.07. The van der Waals surface area contributed by atoms with Crippen molar-refractivity contribution in [2.24, 2.45) is 0 Å². The molecule has 0 bridgehead atoms. The maximum absolute atomic E-state index is 13.1. The lowest BCUT2D eigenvalue weighted by Crippen LogP contribution is -2.21. The van der Waals surface area contributed by atoms with Crippen molar-refractivity contribution < 1.29 is 4.74 Å². The predicted octanol–water partition coefficient (Wildman–Crippen LogP) is 3.20. The number of rotatable bonds is 3. The van der Waals surface area contributed by atoms with Gasteiger partial charge in [0.25, 0.3) is 5.56 Å². The molecule has 0 amide bonds. The first-order chi connectivity index (χ1) is 12.6. The molecule has 0 spiro atoms. The highest BCUT2D eigenvalue weighted by molar-refractivity contribution is 5.88. The van der Waals surface area contributed by atoms with E-state index in [1.165, 1.54) is 4.68 Å². The van der Waals surface area contributed by atoms with Crippen LogP contribution in [0.3, 0.4) is 0 Å². The molecule has 1 aromatic carbocycles. The first kappa shape index (κ1) is 16.1. The Morgan fingerprint density at radius 1 is 0.962 bits per heavy atom. The number of ether oxygens (including phenoxy) is 1. The number of nitrogens with zero attached hydrogens (tertiary/aromatic N) is 4. The normalized spacial score (nSPS) is 11.0. The Bertz CT molecular complexity index is 1140. The lowest BCUT2D eigenvalue weighted by atomic mass is 10.2. The molecule has 0 atom stereocenters. The van der Waals surface area contributed by atoms with E-state index in [1.807, 2.05) is 44.2 Å². The monoisotopic (exact) mass is 346 g/mol. The Kier molecular flexibility index (Phi) is 3.80. The number of aromatic nitrogens is 4. The largest absolute Gasteiger partial charge is 0.497 e. The second-order valence-electron chi connectivity index (χ2n) is 6.07. The minimum Gasteiger partial charge on any atom is -0.497 e. The molecule has 0 saturated carbocycles. The van der Waals surface area contributed by atoms with E-state index in [0.717, 1.165) is 28.2 Å². The van der Waals surface area contributed by atoms with Crippen LogP contribution in [0.2, 0.25) is 0 Å². The van der Waals surface area contributed by atoms with Gasteiger partial charge in [0.1, 0.15) is 5.75 Å². The van der Waals surface area contributed by atoms with Gasteiger partial charge in [-0.25, -0.2) is 0 Å². The molecule has 0 unspecified atom stereocenters. The molecule has 0 radical (unpaired) electrons. The maximum Gasteiger partial charge on any atom is 0.281 e. The zero-order chi connectivity index (χ0) is 18.3. The minimum absolute atomic E-state index is 0.150. The zero-order valence-corrected chi connectivity index (χ0v) is 14.8. The molecule has 130 valence electrons. The Labute approximate surface area is 150 Å². The molecule has 4 aromatic rings. The number of pyridine rings is 1. The minimum atomic E-state index is -0.150. The highest BCUT2D eigenvalue weighted by Crippen LogP contribution is 2.27. The van der Waals surface area contributed by atoms with Gasteiger partial charge < -0.3 is 9.30 Å². The number of benzene rings is 1. The van der Waals surface area contributed by atoms with E-state index < -0.39 is 0 Å². The SMILES string of the molecule is COc1ccc(-n2c(C)c3cnn(-c4cccnc4)c(=O)c3c2C)cc1. The van der Waals surface area contributed by atoms with Gasteiger partial charge in [-0.05, 0) is 50.2 Å². The summed E-state index contributed by atoms with van der Waals surface area (Å²) >= 11 is 0. The molecule has 4 rings (SSSR count). The summed E-state index contributed by atoms with van der Waals surface area (Å²) in [6.45, 7) is 3.95. The number of aryl methyl sites for hydroxylation is 2. The van der Waals surface area contributed by atoms with Gasteiger partial charge in [-0.1, -0.05) is 0 Å². The molecule has 3 aromatic heterocycles. The van der Waals surface area contributed by atoms with Crippen LogP contribution in [-0.2, 0) is 0 Å². The van der Waals surface area contributed by atoms with Gasteiger partial charge in [-0.15, -0.1) is 0 Å². The van der Waals surface area contributed by atoms with Gasteiger partial charge in [0.05, 0.1) is 30.6 Å². The molecule has 6 heteroatoms. The Balaban J connectivity index is 1.97. The Morgan fingerprint density at radius 2 is 1.73 bits per heavy atom. The molecule has 0 aliphatic rings. The average Bonchev–Trinajstić information content (AvgIpc) is 2.94.